The Morgan fingerprint density at radius 3 is 1.40 bits per heavy atom. The normalized spacial score (nSPS) is 12.3. The molecule has 0 amide bonds. The van der Waals surface area contributed by atoms with Crippen molar-refractivity contribution in [3.63, 3.8) is 0 Å². The molecule has 0 saturated carbocycles. The summed E-state index contributed by atoms with van der Waals surface area (Å²) in [5.41, 5.74) is 0. The largest absolute Gasteiger partial charge is 0.379 e. The van der Waals surface area contributed by atoms with Gasteiger partial charge in [-0.2, -0.15) is 0 Å². The van der Waals surface area contributed by atoms with Crippen LogP contribution in [0.5, 0.6) is 0 Å². The van der Waals surface area contributed by atoms with Crippen LogP contribution in [0.1, 0.15) is 33.6 Å². The second-order valence-corrected chi connectivity index (χ2v) is 2.60. The molecule has 0 heterocycles. The molecule has 0 saturated heterocycles. The van der Waals surface area contributed by atoms with Crippen LogP contribution in [0.2, 0.25) is 0 Å². The highest BCUT2D eigenvalue weighted by Crippen LogP contribution is 1.79. The fraction of sp³-hybridized carbons (Fsp3) is 1.00. The lowest BCUT2D eigenvalue weighted by molar-refractivity contribution is 0.0578. The van der Waals surface area contributed by atoms with Gasteiger partial charge in [0.2, 0.25) is 0 Å². The quantitative estimate of drug-likeness (QED) is 0.601. The first-order valence-corrected chi connectivity index (χ1v) is 3.90. The van der Waals surface area contributed by atoms with Gasteiger partial charge in [0.1, 0.15) is 6.23 Å². The maximum Gasteiger partial charge on any atom is 0.104 e. The molecule has 1 unspecified atom stereocenters. The number of nitrogens with zero attached hydrogens (tertiary/aromatic N) is 1. The van der Waals surface area contributed by atoms with Crippen molar-refractivity contribution in [2.24, 2.45) is 0 Å². The molecular formula is C8H21NO. The van der Waals surface area contributed by atoms with Crippen LogP contribution < -0.4 is 0 Å². The Balaban J connectivity index is 0. The van der Waals surface area contributed by atoms with Crippen molar-refractivity contribution in [2.45, 2.75) is 39.8 Å². The van der Waals surface area contributed by atoms with Crippen LogP contribution in [-0.2, 0) is 0 Å². The van der Waals surface area contributed by atoms with Gasteiger partial charge in [-0.1, -0.05) is 26.7 Å². The van der Waals surface area contributed by atoms with E-state index in [9.17, 15) is 0 Å². The van der Waals surface area contributed by atoms with Crippen LogP contribution in [0.25, 0.3) is 0 Å². The van der Waals surface area contributed by atoms with Gasteiger partial charge in [-0.3, -0.25) is 4.90 Å². The van der Waals surface area contributed by atoms with Crippen LogP contribution in [0.15, 0.2) is 0 Å². The van der Waals surface area contributed by atoms with Gasteiger partial charge in [-0.25, -0.2) is 0 Å². The molecule has 1 N–H and O–H groups in total. The van der Waals surface area contributed by atoms with Crippen LogP contribution in [0.4, 0.5) is 0 Å². The summed E-state index contributed by atoms with van der Waals surface area (Å²) in [6.45, 7) is 6.08. The van der Waals surface area contributed by atoms with E-state index < -0.39 is 0 Å². The lowest BCUT2D eigenvalue weighted by Gasteiger charge is -2.11. The van der Waals surface area contributed by atoms with Gasteiger partial charge in [-0.15, -0.1) is 0 Å². The standard InChI is InChI=1S/C4H11NO.C4H10/c1-4(6)5(2)3;1-3-4-2/h4,6H,1-3H3;3-4H2,1-2H3. The van der Waals surface area contributed by atoms with Crippen LogP contribution in [-0.4, -0.2) is 30.3 Å². The lowest BCUT2D eigenvalue weighted by Crippen LogP contribution is -2.23. The fourth-order valence-corrected chi connectivity index (χ4v) is 0. The molecule has 2 heteroatoms. The van der Waals surface area contributed by atoms with E-state index >= 15 is 0 Å². The zero-order valence-electron chi connectivity index (χ0n) is 7.89. The smallest absolute Gasteiger partial charge is 0.104 e. The van der Waals surface area contributed by atoms with E-state index in [1.165, 1.54) is 12.8 Å². The Hall–Kier alpha value is -0.0800. The van der Waals surface area contributed by atoms with Gasteiger partial charge in [-0.05, 0) is 21.0 Å². The topological polar surface area (TPSA) is 23.5 Å². The number of rotatable bonds is 2. The number of hydrogen-bond donors (Lipinski definition) is 1. The van der Waals surface area contributed by atoms with Crippen molar-refractivity contribution in [1.29, 1.82) is 0 Å². The van der Waals surface area contributed by atoms with Gasteiger partial charge < -0.3 is 5.11 Å². The second kappa shape index (κ2) is 8.92. The van der Waals surface area contributed by atoms with E-state index in [4.69, 9.17) is 5.11 Å². The van der Waals surface area contributed by atoms with Gasteiger partial charge in [0.25, 0.3) is 0 Å². The summed E-state index contributed by atoms with van der Waals surface area (Å²) in [7, 11) is 3.65. The maximum atomic E-state index is 8.56. The zero-order valence-corrected chi connectivity index (χ0v) is 7.89. The third-order valence-electron chi connectivity index (χ3n) is 1.25. The number of unbranched alkanes of at least 4 members (excludes halogenated alkanes) is 1. The first-order chi connectivity index (χ1) is 4.56. The summed E-state index contributed by atoms with van der Waals surface area (Å²) < 4.78 is 0. The molecule has 2 nitrogen and oxygen atoms in total. The summed E-state index contributed by atoms with van der Waals surface area (Å²) >= 11 is 0. The third-order valence-corrected chi connectivity index (χ3v) is 1.25. The Morgan fingerprint density at radius 2 is 1.40 bits per heavy atom. The summed E-state index contributed by atoms with van der Waals surface area (Å²) in [5, 5.41) is 8.56. The van der Waals surface area contributed by atoms with E-state index in [0.29, 0.717) is 0 Å². The Bertz CT molecular complexity index is 45.2. The molecule has 0 aliphatic heterocycles. The number of hydrogen-bond acceptors (Lipinski definition) is 2. The van der Waals surface area contributed by atoms with Crippen molar-refractivity contribution in [3.05, 3.63) is 0 Å². The molecule has 0 aromatic heterocycles. The summed E-state index contributed by atoms with van der Waals surface area (Å²) in [4.78, 5) is 1.72. The zero-order chi connectivity index (χ0) is 8.57. The molecule has 0 fully saturated rings. The molecule has 0 rings (SSSR count). The molecule has 0 bridgehead atoms. The molecule has 0 aliphatic rings. The molecule has 0 aromatic rings. The molecule has 0 spiro atoms. The van der Waals surface area contributed by atoms with Gasteiger partial charge in [0, 0.05) is 0 Å². The fourth-order valence-electron chi connectivity index (χ4n) is 0. The third kappa shape index (κ3) is 15.7. The van der Waals surface area contributed by atoms with Crippen molar-refractivity contribution < 1.29 is 5.11 Å². The van der Waals surface area contributed by atoms with Crippen LogP contribution in [0.3, 0.4) is 0 Å². The lowest BCUT2D eigenvalue weighted by atomic mass is 10.4. The van der Waals surface area contributed by atoms with E-state index in [1.807, 2.05) is 14.1 Å². The van der Waals surface area contributed by atoms with Crippen molar-refractivity contribution in [1.82, 2.24) is 4.90 Å². The van der Waals surface area contributed by atoms with Crippen molar-refractivity contribution >= 4 is 0 Å². The predicted molar refractivity (Wildman–Crippen MR) is 45.9 cm³/mol. The highest BCUT2D eigenvalue weighted by atomic mass is 16.3. The van der Waals surface area contributed by atoms with Crippen molar-refractivity contribution in [2.75, 3.05) is 14.1 Å². The van der Waals surface area contributed by atoms with Crippen LogP contribution >= 0.6 is 0 Å². The highest BCUT2D eigenvalue weighted by molar-refractivity contribution is 4.35. The maximum absolute atomic E-state index is 8.56. The summed E-state index contributed by atoms with van der Waals surface area (Å²) in [5.74, 6) is 0. The first-order valence-electron chi connectivity index (χ1n) is 3.90. The van der Waals surface area contributed by atoms with E-state index in [2.05, 4.69) is 13.8 Å². The second-order valence-electron chi connectivity index (χ2n) is 2.60. The van der Waals surface area contributed by atoms with E-state index in [1.54, 1.807) is 11.8 Å². The molecular weight excluding hydrogens is 126 g/mol. The Kier molecular flexibility index (Phi) is 11.2. The van der Waals surface area contributed by atoms with Gasteiger partial charge in [0.15, 0.2) is 0 Å². The molecule has 64 valence electrons. The average Bonchev–Trinajstić information content (AvgIpc) is 1.89. The molecule has 0 aromatic carbocycles. The minimum Gasteiger partial charge on any atom is -0.379 e. The summed E-state index contributed by atoms with van der Waals surface area (Å²) in [6, 6.07) is 0. The average molecular weight is 147 g/mol. The van der Waals surface area contributed by atoms with Crippen LogP contribution in [0, 0.1) is 0 Å². The molecule has 0 aliphatic carbocycles. The number of aliphatic hydroxyl groups excluding tert-OH is 1. The van der Waals surface area contributed by atoms with Crippen molar-refractivity contribution in [3.8, 4) is 0 Å². The Labute approximate surface area is 64.9 Å². The molecule has 1 atom stereocenters. The predicted octanol–water partition coefficient (Wildman–Crippen LogP) is 1.69. The minimum absolute atomic E-state index is 0.315. The van der Waals surface area contributed by atoms with Gasteiger partial charge in [0.05, 0.1) is 0 Å². The highest BCUT2D eigenvalue weighted by Gasteiger charge is 1.92. The van der Waals surface area contributed by atoms with Gasteiger partial charge >= 0.3 is 0 Å². The minimum atomic E-state index is -0.315. The summed E-state index contributed by atoms with van der Waals surface area (Å²) in [6.07, 6.45) is 2.32. The SMILES string of the molecule is CC(O)N(C)C.CCCC. The number of aliphatic hydroxyl groups is 1. The first kappa shape index (κ1) is 12.6. The molecule has 10 heavy (non-hydrogen) atoms. The monoisotopic (exact) mass is 147 g/mol. The molecule has 0 radical (unpaired) electrons. The van der Waals surface area contributed by atoms with E-state index in [-0.39, 0.29) is 6.23 Å². The Morgan fingerprint density at radius 1 is 1.20 bits per heavy atom. The van der Waals surface area contributed by atoms with E-state index in [0.717, 1.165) is 0 Å².